The van der Waals surface area contributed by atoms with E-state index in [4.69, 9.17) is 0 Å². The van der Waals surface area contributed by atoms with Gasteiger partial charge in [0.2, 0.25) is 0 Å². The normalized spacial score (nSPS) is 17.8. The van der Waals surface area contributed by atoms with Crippen LogP contribution in [0.25, 0.3) is 0 Å². The van der Waals surface area contributed by atoms with Gasteiger partial charge in [0.1, 0.15) is 0 Å². The zero-order valence-electron chi connectivity index (χ0n) is 7.81. The summed E-state index contributed by atoms with van der Waals surface area (Å²) < 4.78 is 11.7. The summed E-state index contributed by atoms with van der Waals surface area (Å²) in [6, 6.07) is 9.21. The minimum absolute atomic E-state index is 0.220. The van der Waals surface area contributed by atoms with Crippen molar-refractivity contribution in [2.45, 2.75) is 30.1 Å². The Bertz CT molecular complexity index is 282. The Morgan fingerprint density at radius 1 is 1.23 bits per heavy atom. The number of benzene rings is 1. The van der Waals surface area contributed by atoms with Crippen LogP contribution in [0.15, 0.2) is 35.2 Å². The van der Waals surface area contributed by atoms with Gasteiger partial charge in [0.05, 0.1) is 22.2 Å². The van der Waals surface area contributed by atoms with Crippen LogP contribution in [0.4, 0.5) is 0 Å². The van der Waals surface area contributed by atoms with E-state index >= 15 is 0 Å². The fourth-order valence-electron chi connectivity index (χ4n) is 0.948. The molecule has 2 nitrogen and oxygen atoms in total. The van der Waals surface area contributed by atoms with Crippen LogP contribution in [0.5, 0.6) is 0 Å². The highest BCUT2D eigenvalue weighted by Gasteiger charge is 2.17. The molecule has 0 radical (unpaired) electrons. The highest BCUT2D eigenvalue weighted by molar-refractivity contribution is 7.85. The first kappa shape index (κ1) is 10.4. The van der Waals surface area contributed by atoms with Crippen LogP contribution in [-0.2, 0) is 10.8 Å². The van der Waals surface area contributed by atoms with Crippen LogP contribution < -0.4 is 0 Å². The van der Waals surface area contributed by atoms with Crippen LogP contribution in [0, 0.1) is 0 Å². The molecule has 3 heteroatoms. The van der Waals surface area contributed by atoms with E-state index in [1.54, 1.807) is 13.8 Å². The fourth-order valence-corrected chi connectivity index (χ4v) is 2.16. The zero-order valence-corrected chi connectivity index (χ0v) is 8.62. The SMILES string of the molecule is C[C@H](O)[C@@H](C)S(=O)c1ccccc1. The lowest BCUT2D eigenvalue weighted by Crippen LogP contribution is -2.24. The van der Waals surface area contributed by atoms with Gasteiger partial charge in [0, 0.05) is 4.90 Å². The van der Waals surface area contributed by atoms with Crippen LogP contribution >= 0.6 is 0 Å². The van der Waals surface area contributed by atoms with Crippen molar-refractivity contribution in [2.24, 2.45) is 0 Å². The second kappa shape index (κ2) is 4.53. The van der Waals surface area contributed by atoms with E-state index in [1.807, 2.05) is 30.3 Å². The number of hydrogen-bond acceptors (Lipinski definition) is 2. The molecule has 1 rings (SSSR count). The molecule has 0 aromatic heterocycles. The Morgan fingerprint density at radius 2 is 1.77 bits per heavy atom. The number of aliphatic hydroxyl groups is 1. The Kier molecular flexibility index (Phi) is 3.63. The Labute approximate surface area is 81.1 Å². The molecule has 0 aliphatic carbocycles. The van der Waals surface area contributed by atoms with Gasteiger partial charge in [-0.25, -0.2) is 0 Å². The summed E-state index contributed by atoms with van der Waals surface area (Å²) in [5, 5.41) is 9.04. The average molecular weight is 198 g/mol. The molecule has 1 aromatic carbocycles. The first-order valence-electron chi connectivity index (χ1n) is 4.26. The van der Waals surface area contributed by atoms with Gasteiger partial charge in [-0.05, 0) is 26.0 Å². The van der Waals surface area contributed by atoms with Gasteiger partial charge >= 0.3 is 0 Å². The van der Waals surface area contributed by atoms with Gasteiger partial charge in [-0.1, -0.05) is 18.2 Å². The quantitative estimate of drug-likeness (QED) is 0.800. The maximum absolute atomic E-state index is 11.7. The van der Waals surface area contributed by atoms with Crippen LogP contribution in [-0.4, -0.2) is 20.7 Å². The monoisotopic (exact) mass is 198 g/mol. The maximum Gasteiger partial charge on any atom is 0.0656 e. The fraction of sp³-hybridized carbons (Fsp3) is 0.400. The maximum atomic E-state index is 11.7. The minimum atomic E-state index is -1.11. The summed E-state index contributed by atoms with van der Waals surface area (Å²) in [7, 11) is -1.11. The molecule has 72 valence electrons. The van der Waals surface area contributed by atoms with Crippen LogP contribution in [0.1, 0.15) is 13.8 Å². The smallest absolute Gasteiger partial charge is 0.0656 e. The molecule has 1 N–H and O–H groups in total. The predicted molar refractivity (Wildman–Crippen MR) is 54.0 cm³/mol. The summed E-state index contributed by atoms with van der Waals surface area (Å²) in [5.74, 6) is 0. The van der Waals surface area contributed by atoms with Crippen molar-refractivity contribution >= 4 is 10.8 Å². The average Bonchev–Trinajstić information content (AvgIpc) is 2.17. The third-order valence-electron chi connectivity index (χ3n) is 1.99. The van der Waals surface area contributed by atoms with E-state index in [2.05, 4.69) is 0 Å². The Balaban J connectivity index is 2.80. The van der Waals surface area contributed by atoms with Crippen molar-refractivity contribution in [3.63, 3.8) is 0 Å². The molecule has 3 atom stereocenters. The Morgan fingerprint density at radius 3 is 2.23 bits per heavy atom. The van der Waals surface area contributed by atoms with Gasteiger partial charge in [-0.3, -0.25) is 4.21 Å². The number of aliphatic hydroxyl groups excluding tert-OH is 1. The van der Waals surface area contributed by atoms with E-state index < -0.39 is 16.9 Å². The molecule has 0 aliphatic heterocycles. The third-order valence-corrected chi connectivity index (χ3v) is 3.80. The van der Waals surface area contributed by atoms with Crippen molar-refractivity contribution in [1.82, 2.24) is 0 Å². The second-order valence-electron chi connectivity index (χ2n) is 3.06. The van der Waals surface area contributed by atoms with Crippen molar-refractivity contribution in [1.29, 1.82) is 0 Å². The summed E-state index contributed by atoms with van der Waals surface area (Å²) >= 11 is 0. The lowest BCUT2D eigenvalue weighted by molar-refractivity contribution is 0.194. The largest absolute Gasteiger partial charge is 0.392 e. The van der Waals surface area contributed by atoms with E-state index in [-0.39, 0.29) is 5.25 Å². The molecular formula is C10H14O2S. The number of hydrogen-bond donors (Lipinski definition) is 1. The molecule has 0 spiro atoms. The molecule has 0 amide bonds. The lowest BCUT2D eigenvalue weighted by Gasteiger charge is -2.13. The van der Waals surface area contributed by atoms with E-state index in [9.17, 15) is 9.32 Å². The standard InChI is InChI=1S/C10H14O2S/c1-8(11)9(2)13(12)10-6-4-3-5-7-10/h3-9,11H,1-2H3/t8-,9+,13?/m0/s1. The highest BCUT2D eigenvalue weighted by atomic mass is 32.2. The van der Waals surface area contributed by atoms with Crippen LogP contribution in [0.2, 0.25) is 0 Å². The summed E-state index contributed by atoms with van der Waals surface area (Å²) in [4.78, 5) is 0.774. The van der Waals surface area contributed by atoms with Gasteiger partial charge < -0.3 is 5.11 Å². The molecule has 1 unspecified atom stereocenters. The minimum Gasteiger partial charge on any atom is -0.392 e. The van der Waals surface area contributed by atoms with Gasteiger partial charge in [-0.2, -0.15) is 0 Å². The molecule has 0 bridgehead atoms. The molecule has 0 heterocycles. The van der Waals surface area contributed by atoms with Gasteiger partial charge in [0.25, 0.3) is 0 Å². The molecule has 0 saturated carbocycles. The van der Waals surface area contributed by atoms with Crippen molar-refractivity contribution in [2.75, 3.05) is 0 Å². The van der Waals surface area contributed by atoms with E-state index in [1.165, 1.54) is 0 Å². The molecule has 1 aromatic rings. The summed E-state index contributed by atoms with van der Waals surface area (Å²) in [6.07, 6.45) is -0.541. The molecule has 0 saturated heterocycles. The molecular weight excluding hydrogens is 184 g/mol. The summed E-state index contributed by atoms with van der Waals surface area (Å²) in [6.45, 7) is 3.44. The first-order chi connectivity index (χ1) is 6.13. The van der Waals surface area contributed by atoms with Gasteiger partial charge in [0.15, 0.2) is 0 Å². The predicted octanol–water partition coefficient (Wildman–Crippen LogP) is 1.56. The zero-order chi connectivity index (χ0) is 9.84. The molecule has 0 aliphatic rings. The van der Waals surface area contributed by atoms with E-state index in [0.717, 1.165) is 4.90 Å². The van der Waals surface area contributed by atoms with E-state index in [0.29, 0.717) is 0 Å². The first-order valence-corrected chi connectivity index (χ1v) is 5.48. The molecule has 0 fully saturated rings. The van der Waals surface area contributed by atoms with Crippen molar-refractivity contribution in [3.8, 4) is 0 Å². The highest BCUT2D eigenvalue weighted by Crippen LogP contribution is 2.12. The molecule has 13 heavy (non-hydrogen) atoms. The van der Waals surface area contributed by atoms with Crippen molar-refractivity contribution < 1.29 is 9.32 Å². The Hall–Kier alpha value is -0.670. The lowest BCUT2D eigenvalue weighted by atomic mass is 10.3. The second-order valence-corrected chi connectivity index (χ2v) is 4.87. The third kappa shape index (κ3) is 2.64. The van der Waals surface area contributed by atoms with Crippen molar-refractivity contribution in [3.05, 3.63) is 30.3 Å². The number of rotatable bonds is 3. The van der Waals surface area contributed by atoms with Gasteiger partial charge in [-0.15, -0.1) is 0 Å². The van der Waals surface area contributed by atoms with Crippen LogP contribution in [0.3, 0.4) is 0 Å². The summed E-state index contributed by atoms with van der Waals surface area (Å²) in [5.41, 5.74) is 0. The topological polar surface area (TPSA) is 37.3 Å².